The molecule has 0 radical (unpaired) electrons. The average molecular weight is 1240 g/mol. The fourth-order valence-electron chi connectivity index (χ4n) is 11.2. The van der Waals surface area contributed by atoms with E-state index in [-0.39, 0.29) is 14.9 Å². The van der Waals surface area contributed by atoms with Crippen LogP contribution in [0.15, 0.2) is 164 Å². The molecule has 9 N–H and O–H groups in total. The third-order valence-electron chi connectivity index (χ3n) is 15.0. The summed E-state index contributed by atoms with van der Waals surface area (Å²) in [5, 5.41) is 48.5. The van der Waals surface area contributed by atoms with Gasteiger partial charge in [-0.3, -0.25) is 0 Å². The zero-order chi connectivity index (χ0) is 63.6. The summed E-state index contributed by atoms with van der Waals surface area (Å²) in [5.41, 5.74) is 14.9. The summed E-state index contributed by atoms with van der Waals surface area (Å²) in [4.78, 5) is 31.5. The molecule has 0 bridgehead atoms. The molecule has 0 spiro atoms. The van der Waals surface area contributed by atoms with Gasteiger partial charge in [-0.2, -0.15) is 0 Å². The Balaban J connectivity index is 0.000000180. The molecule has 0 aliphatic heterocycles. The highest BCUT2D eigenvalue weighted by molar-refractivity contribution is 6.10. The fraction of sp³-hybridized carbons (Fsp3) is 0.351. The van der Waals surface area contributed by atoms with Crippen LogP contribution in [0.3, 0.4) is 0 Å². The van der Waals surface area contributed by atoms with Crippen molar-refractivity contribution in [2.24, 2.45) is 0 Å². The Labute approximate surface area is 542 Å². The van der Waals surface area contributed by atoms with Crippen LogP contribution < -0.4 is 31.9 Å². The van der Waals surface area contributed by atoms with E-state index >= 15 is 0 Å². The van der Waals surface area contributed by atoms with Gasteiger partial charge in [0, 0.05) is 55.4 Å². The van der Waals surface area contributed by atoms with E-state index in [1.165, 1.54) is 16.7 Å². The van der Waals surface area contributed by atoms with E-state index in [0.717, 1.165) is 123 Å². The van der Waals surface area contributed by atoms with Crippen LogP contribution in [-0.4, -0.2) is 95.4 Å². The molecule has 0 atom stereocenters. The molecule has 12 aromatic rings. The number of nitrogens with zero attached hydrogens (tertiary/aromatic N) is 10. The van der Waals surface area contributed by atoms with Gasteiger partial charge in [0.2, 0.25) is 17.8 Å². The number of aromatic nitrogens is 9. The summed E-state index contributed by atoms with van der Waals surface area (Å²) in [6.07, 6.45) is 2.95. The van der Waals surface area contributed by atoms with E-state index in [2.05, 4.69) is 145 Å². The Morgan fingerprint density at radius 1 is 0.402 bits per heavy atom. The smallest absolute Gasteiger partial charge is 0.204 e. The highest BCUT2D eigenvalue weighted by Crippen LogP contribution is 2.38. The molecule has 18 heteroatoms. The minimum Gasteiger partial charge on any atom is -0.389 e. The summed E-state index contributed by atoms with van der Waals surface area (Å²) in [6, 6.07) is 55.4. The van der Waals surface area contributed by atoms with E-state index in [0.29, 0.717) is 56.6 Å². The van der Waals surface area contributed by atoms with Crippen molar-refractivity contribution in [3.63, 3.8) is 0 Å². The molecule has 92 heavy (non-hydrogen) atoms. The van der Waals surface area contributed by atoms with Crippen molar-refractivity contribution >= 4 is 101 Å². The Hall–Kier alpha value is -9.36. The summed E-state index contributed by atoms with van der Waals surface area (Å²) < 4.78 is 6.22. The van der Waals surface area contributed by atoms with E-state index in [9.17, 15) is 15.3 Å². The van der Waals surface area contributed by atoms with Crippen molar-refractivity contribution in [2.45, 2.75) is 153 Å². The molecule has 6 heterocycles. The van der Waals surface area contributed by atoms with Gasteiger partial charge < -0.3 is 60.9 Å². The van der Waals surface area contributed by atoms with Gasteiger partial charge in [-0.25, -0.2) is 29.9 Å². The largest absolute Gasteiger partial charge is 0.389 e. The molecular weight excluding hydrogens is 1150 g/mol. The van der Waals surface area contributed by atoms with E-state index in [1.807, 2.05) is 117 Å². The number of fused-ring (bicyclic) bond motifs is 9. The second-order valence-corrected chi connectivity index (χ2v) is 25.0. The number of aliphatic hydroxyl groups is 3. The van der Waals surface area contributed by atoms with Gasteiger partial charge in [0.1, 0.15) is 16.6 Å². The number of hydrogen-bond donors (Lipinski definition) is 8. The lowest BCUT2D eigenvalue weighted by molar-refractivity contribution is 0.0627. The second-order valence-electron chi connectivity index (χ2n) is 25.0. The molecule has 6 aromatic heterocycles. The lowest BCUT2D eigenvalue weighted by Crippen LogP contribution is -2.27. The minimum absolute atomic E-state index is 0. The number of nitrogens with two attached hydrogens (primary N) is 1. The first-order valence-corrected chi connectivity index (χ1v) is 31.4. The first-order valence-electron chi connectivity index (χ1n) is 31.4. The fourth-order valence-corrected chi connectivity index (χ4v) is 11.2. The van der Waals surface area contributed by atoms with Gasteiger partial charge in [-0.15, -0.1) is 0 Å². The maximum absolute atomic E-state index is 10.8. The van der Waals surface area contributed by atoms with Crippen molar-refractivity contribution in [1.29, 1.82) is 0 Å². The third-order valence-corrected chi connectivity index (χ3v) is 15.0. The molecule has 12 rings (SSSR count). The third kappa shape index (κ3) is 16.6. The number of imidazole rings is 3. The van der Waals surface area contributed by atoms with Crippen LogP contribution in [0.1, 0.15) is 113 Å². The number of hydrogen-bond acceptors (Lipinski definition) is 15. The van der Waals surface area contributed by atoms with Gasteiger partial charge >= 0.3 is 0 Å². The highest BCUT2D eigenvalue weighted by Gasteiger charge is 2.28. The monoisotopic (exact) mass is 1240 g/mol. The van der Waals surface area contributed by atoms with Crippen LogP contribution in [0.5, 0.6) is 0 Å². The first kappa shape index (κ1) is 68.5. The number of nitrogens with one attached hydrogen (secondary N) is 4. The Kier molecular flexibility index (Phi) is 22.5. The molecular formula is C74H95N15O3. The average Bonchev–Trinajstić information content (AvgIpc) is 1.57. The van der Waals surface area contributed by atoms with Crippen LogP contribution in [0.2, 0.25) is 0 Å². The normalized spacial score (nSPS) is 11.7. The predicted octanol–water partition coefficient (Wildman–Crippen LogP) is 15.2. The van der Waals surface area contributed by atoms with Crippen molar-refractivity contribution in [1.82, 2.24) is 43.6 Å². The molecule has 0 aliphatic rings. The molecule has 6 aromatic carbocycles. The number of nitrogen functional groups attached to an aromatic ring is 1. The van der Waals surface area contributed by atoms with Gasteiger partial charge in [0.25, 0.3) is 0 Å². The number of anilines is 6. The Morgan fingerprint density at radius 3 is 1.15 bits per heavy atom. The van der Waals surface area contributed by atoms with E-state index in [4.69, 9.17) is 25.7 Å². The van der Waals surface area contributed by atoms with Crippen molar-refractivity contribution in [2.75, 3.05) is 51.5 Å². The van der Waals surface area contributed by atoms with Gasteiger partial charge in [-0.1, -0.05) is 181 Å². The minimum atomic E-state index is -0.908. The SMILES string of the molecule is C.C.CCCNc1nc2c(N(Cc3ccccc3)Cc3ccccc3)nc3ccccc3c2n1CC(C)(C)O.CCCNc1nc2c(N)nc3ccccc3c2n1CC(C)(C)O.CCCNc1nc2c(NCc3ccccc3)nc3ccccc3c2n1CC(C)(C)O. The highest BCUT2D eigenvalue weighted by atomic mass is 16.3. The van der Waals surface area contributed by atoms with Gasteiger partial charge in [0.15, 0.2) is 17.5 Å². The topological polar surface area (TPSA) is 230 Å². The Bertz CT molecular complexity index is 4290. The summed E-state index contributed by atoms with van der Waals surface area (Å²) in [5.74, 6) is 4.24. The quantitative estimate of drug-likeness (QED) is 0.0298. The van der Waals surface area contributed by atoms with Crippen molar-refractivity contribution < 1.29 is 15.3 Å². The lowest BCUT2D eigenvalue weighted by Gasteiger charge is -2.25. The standard InChI is InChI=1S/C31H35N5O.C24H29N5O.C17H23N5O.2CH4/c1-4-19-32-30-34-27-28(36(30)22-31(2,3)37)25-17-11-12-18-26(25)33-29(27)35(20-23-13-7-5-8-14-23)21-24-15-9-6-10-16-24;1-4-14-25-23-28-20-21(29(23)16-24(2,3)30)18-12-8-9-13-19(18)27-22(20)26-15-17-10-6-5-7-11-17;1-4-9-19-16-21-13-14(22(16)10-17(2,3)23)11-7-5-6-8-12(11)20-15(13)18;;/h5-18,37H,4,19-22H2,1-3H3,(H,32,34);5-13,30H,4,14-16H2,1-3H3,(H,25,28)(H,26,27);5-8,23H,4,9-10H2,1-3H3,(H2,18,20)(H,19,21);2*1H4. The summed E-state index contributed by atoms with van der Waals surface area (Å²) >= 11 is 0. The number of para-hydroxylation sites is 3. The van der Waals surface area contributed by atoms with Crippen molar-refractivity contribution in [3.8, 4) is 0 Å². The van der Waals surface area contributed by atoms with Gasteiger partial charge in [-0.05, 0) is 95.7 Å². The van der Waals surface area contributed by atoms with Gasteiger partial charge in [0.05, 0.1) is 69.5 Å². The van der Waals surface area contributed by atoms with E-state index < -0.39 is 16.8 Å². The molecule has 484 valence electrons. The van der Waals surface area contributed by atoms with Crippen LogP contribution in [-0.2, 0) is 39.3 Å². The molecule has 0 amide bonds. The molecule has 0 fully saturated rings. The lowest BCUT2D eigenvalue weighted by atomic mass is 10.1. The summed E-state index contributed by atoms with van der Waals surface area (Å²) in [7, 11) is 0. The Morgan fingerprint density at radius 2 is 0.739 bits per heavy atom. The second kappa shape index (κ2) is 30.2. The molecule has 0 unspecified atom stereocenters. The predicted molar refractivity (Wildman–Crippen MR) is 385 cm³/mol. The van der Waals surface area contributed by atoms with Crippen LogP contribution in [0.25, 0.3) is 65.8 Å². The number of benzene rings is 6. The zero-order valence-corrected chi connectivity index (χ0v) is 53.5. The number of pyridine rings is 3. The van der Waals surface area contributed by atoms with Crippen LogP contribution in [0, 0.1) is 0 Å². The maximum atomic E-state index is 10.8. The number of rotatable bonds is 23. The first-order chi connectivity index (χ1) is 43.3. The molecule has 0 saturated heterocycles. The maximum Gasteiger partial charge on any atom is 0.204 e. The molecule has 18 nitrogen and oxygen atoms in total. The van der Waals surface area contributed by atoms with E-state index in [1.54, 1.807) is 13.8 Å². The molecule has 0 saturated carbocycles. The van der Waals surface area contributed by atoms with Crippen LogP contribution in [0.4, 0.5) is 35.3 Å². The zero-order valence-electron chi connectivity index (χ0n) is 53.5. The molecule has 0 aliphatic carbocycles. The van der Waals surface area contributed by atoms with Crippen LogP contribution >= 0.6 is 0 Å². The summed E-state index contributed by atoms with van der Waals surface area (Å²) in [6.45, 7) is 23.0. The van der Waals surface area contributed by atoms with Crippen molar-refractivity contribution in [3.05, 3.63) is 180 Å².